The molecule has 0 amide bonds. The molecule has 0 aliphatic carbocycles. The molecule has 3 N–H and O–H groups in total. The van der Waals surface area contributed by atoms with Gasteiger partial charge in [-0.1, -0.05) is 0 Å². The highest BCUT2D eigenvalue weighted by Crippen LogP contribution is 2.18. The lowest BCUT2D eigenvalue weighted by Crippen LogP contribution is -2.30. The number of hydrogen-bond acceptors (Lipinski definition) is 5. The van der Waals surface area contributed by atoms with Crippen LogP contribution in [0.3, 0.4) is 0 Å². The van der Waals surface area contributed by atoms with E-state index in [1.165, 1.54) is 4.68 Å². The van der Waals surface area contributed by atoms with Crippen LogP contribution in [-0.2, 0) is 21.9 Å². The maximum Gasteiger partial charge on any atom is 0.332 e. The summed E-state index contributed by atoms with van der Waals surface area (Å²) in [7, 11) is -2.13. The van der Waals surface area contributed by atoms with E-state index in [1.54, 1.807) is 20.9 Å². The molecule has 1 atom stereocenters. The highest BCUT2D eigenvalue weighted by Gasteiger charge is 2.24. The van der Waals surface area contributed by atoms with Crippen LogP contribution in [0, 0.1) is 13.8 Å². The molecule has 0 saturated carbocycles. The monoisotopic (exact) mass is 291 g/mol. The SMILES string of the molecule is Cc1nn(C)c(C)c1S(=O)(=O)NCCC(O)C(=O)O. The third-order valence-electron chi connectivity index (χ3n) is 2.71. The van der Waals surface area contributed by atoms with Crippen LogP contribution in [-0.4, -0.2) is 47.0 Å². The van der Waals surface area contributed by atoms with E-state index in [1.807, 2.05) is 0 Å². The minimum Gasteiger partial charge on any atom is -0.479 e. The first kappa shape index (κ1) is 15.6. The maximum absolute atomic E-state index is 12.0. The predicted octanol–water partition coefficient (Wildman–Crippen LogP) is -0.849. The summed E-state index contributed by atoms with van der Waals surface area (Å²) < 4.78 is 27.8. The zero-order valence-corrected chi connectivity index (χ0v) is 11.7. The summed E-state index contributed by atoms with van der Waals surface area (Å²) in [5.41, 5.74) is 0.857. The Morgan fingerprint density at radius 1 is 1.47 bits per heavy atom. The number of rotatable bonds is 6. The zero-order valence-electron chi connectivity index (χ0n) is 10.9. The third kappa shape index (κ3) is 3.52. The van der Waals surface area contributed by atoms with Crippen LogP contribution in [0.1, 0.15) is 17.8 Å². The Morgan fingerprint density at radius 3 is 2.47 bits per heavy atom. The number of carboxylic acids is 1. The van der Waals surface area contributed by atoms with Gasteiger partial charge in [0, 0.05) is 13.6 Å². The molecule has 1 heterocycles. The highest BCUT2D eigenvalue weighted by molar-refractivity contribution is 7.89. The van der Waals surface area contributed by atoms with E-state index in [9.17, 15) is 13.2 Å². The van der Waals surface area contributed by atoms with Crippen molar-refractivity contribution in [2.45, 2.75) is 31.3 Å². The number of hydrogen-bond donors (Lipinski definition) is 3. The Kier molecular flexibility index (Phi) is 4.66. The van der Waals surface area contributed by atoms with E-state index in [-0.39, 0.29) is 17.9 Å². The second kappa shape index (κ2) is 5.68. The summed E-state index contributed by atoms with van der Waals surface area (Å²) in [6, 6.07) is 0. The Labute approximate surface area is 111 Å². The lowest BCUT2D eigenvalue weighted by molar-refractivity contribution is -0.146. The molecule has 0 aliphatic rings. The molecule has 8 nitrogen and oxygen atoms in total. The molecule has 0 spiro atoms. The molecule has 1 unspecified atom stereocenters. The van der Waals surface area contributed by atoms with Gasteiger partial charge in [0.05, 0.1) is 11.4 Å². The van der Waals surface area contributed by atoms with Crippen molar-refractivity contribution in [3.8, 4) is 0 Å². The number of carbonyl (C=O) groups is 1. The summed E-state index contributed by atoms with van der Waals surface area (Å²) in [5.74, 6) is -1.38. The van der Waals surface area contributed by atoms with Crippen molar-refractivity contribution in [3.05, 3.63) is 11.4 Å². The van der Waals surface area contributed by atoms with E-state index in [4.69, 9.17) is 10.2 Å². The van der Waals surface area contributed by atoms with E-state index in [0.29, 0.717) is 11.4 Å². The van der Waals surface area contributed by atoms with Gasteiger partial charge in [-0.2, -0.15) is 5.10 Å². The van der Waals surface area contributed by atoms with Crippen molar-refractivity contribution >= 4 is 16.0 Å². The van der Waals surface area contributed by atoms with Gasteiger partial charge in [0.15, 0.2) is 6.10 Å². The number of aromatic nitrogens is 2. The van der Waals surface area contributed by atoms with Crippen molar-refractivity contribution in [2.24, 2.45) is 7.05 Å². The summed E-state index contributed by atoms with van der Waals surface area (Å²) >= 11 is 0. The summed E-state index contributed by atoms with van der Waals surface area (Å²) in [6.07, 6.45) is -1.79. The zero-order chi connectivity index (χ0) is 14.8. The van der Waals surface area contributed by atoms with Crippen molar-refractivity contribution in [1.82, 2.24) is 14.5 Å². The molecule has 1 aromatic rings. The van der Waals surface area contributed by atoms with Gasteiger partial charge in [-0.15, -0.1) is 0 Å². The van der Waals surface area contributed by atoms with Gasteiger partial charge < -0.3 is 10.2 Å². The van der Waals surface area contributed by atoms with Crippen molar-refractivity contribution in [2.75, 3.05) is 6.54 Å². The van der Waals surface area contributed by atoms with Gasteiger partial charge >= 0.3 is 5.97 Å². The highest BCUT2D eigenvalue weighted by atomic mass is 32.2. The third-order valence-corrected chi connectivity index (χ3v) is 4.42. The number of aliphatic carboxylic acids is 1. The molecule has 0 aliphatic heterocycles. The van der Waals surface area contributed by atoms with Crippen LogP contribution in [0.2, 0.25) is 0 Å². The van der Waals surface area contributed by atoms with Crippen LogP contribution < -0.4 is 4.72 Å². The Balaban J connectivity index is 2.80. The largest absolute Gasteiger partial charge is 0.479 e. The first-order valence-electron chi connectivity index (χ1n) is 5.57. The van der Waals surface area contributed by atoms with Gasteiger partial charge in [0.25, 0.3) is 0 Å². The van der Waals surface area contributed by atoms with E-state index < -0.39 is 22.1 Å². The molecular weight excluding hydrogens is 274 g/mol. The molecule has 1 rings (SSSR count). The van der Waals surface area contributed by atoms with Crippen LogP contribution in [0.15, 0.2) is 4.90 Å². The van der Waals surface area contributed by atoms with Crippen molar-refractivity contribution in [1.29, 1.82) is 0 Å². The smallest absolute Gasteiger partial charge is 0.332 e. The number of aliphatic hydroxyl groups excluding tert-OH is 1. The molecular formula is C10H17N3O5S. The molecule has 9 heteroatoms. The maximum atomic E-state index is 12.0. The average Bonchev–Trinajstić information content (AvgIpc) is 2.52. The number of carboxylic acid groups (broad SMARTS) is 1. The molecule has 0 bridgehead atoms. The van der Waals surface area contributed by atoms with Gasteiger partial charge in [0.2, 0.25) is 10.0 Å². The van der Waals surface area contributed by atoms with Crippen molar-refractivity contribution in [3.63, 3.8) is 0 Å². The number of aryl methyl sites for hydroxylation is 2. The lowest BCUT2D eigenvalue weighted by atomic mass is 10.3. The fraction of sp³-hybridized carbons (Fsp3) is 0.600. The average molecular weight is 291 g/mol. The van der Waals surface area contributed by atoms with Gasteiger partial charge in [0.1, 0.15) is 4.90 Å². The summed E-state index contributed by atoms with van der Waals surface area (Å²) in [4.78, 5) is 10.5. The van der Waals surface area contributed by atoms with Gasteiger partial charge in [-0.05, 0) is 20.3 Å². The molecule has 1 aromatic heterocycles. The molecule has 0 fully saturated rings. The topological polar surface area (TPSA) is 122 Å². The first-order valence-corrected chi connectivity index (χ1v) is 7.06. The molecule has 0 aromatic carbocycles. The molecule has 19 heavy (non-hydrogen) atoms. The number of sulfonamides is 1. The lowest BCUT2D eigenvalue weighted by Gasteiger charge is -2.08. The fourth-order valence-electron chi connectivity index (χ4n) is 1.67. The second-order valence-corrected chi connectivity index (χ2v) is 5.87. The van der Waals surface area contributed by atoms with Crippen LogP contribution in [0.4, 0.5) is 0 Å². The Morgan fingerprint density at radius 2 is 2.05 bits per heavy atom. The van der Waals surface area contributed by atoms with Gasteiger partial charge in [-0.25, -0.2) is 17.9 Å². The summed E-state index contributed by atoms with van der Waals surface area (Å²) in [6.45, 7) is 3.04. The van der Waals surface area contributed by atoms with E-state index in [0.717, 1.165) is 0 Å². The minimum absolute atomic E-state index is 0.0832. The van der Waals surface area contributed by atoms with Crippen molar-refractivity contribution < 1.29 is 23.4 Å². The predicted molar refractivity (Wildman–Crippen MR) is 66.1 cm³/mol. The summed E-state index contributed by atoms with van der Waals surface area (Å²) in [5, 5.41) is 21.5. The quantitative estimate of drug-likeness (QED) is 0.627. The molecule has 0 radical (unpaired) electrons. The van der Waals surface area contributed by atoms with E-state index >= 15 is 0 Å². The molecule has 108 valence electrons. The van der Waals surface area contributed by atoms with Gasteiger partial charge in [-0.3, -0.25) is 4.68 Å². The normalized spacial score (nSPS) is 13.5. The second-order valence-electron chi connectivity index (χ2n) is 4.16. The molecule has 0 saturated heterocycles. The van der Waals surface area contributed by atoms with Crippen LogP contribution in [0.25, 0.3) is 0 Å². The minimum atomic E-state index is -3.76. The number of nitrogens with one attached hydrogen (secondary N) is 1. The Bertz CT molecular complexity index is 578. The van der Waals surface area contributed by atoms with Crippen LogP contribution in [0.5, 0.6) is 0 Å². The van der Waals surface area contributed by atoms with E-state index in [2.05, 4.69) is 9.82 Å². The number of aliphatic hydroxyl groups is 1. The Hall–Kier alpha value is -1.45. The standard InChI is InChI=1S/C10H17N3O5S/c1-6-9(7(2)13(3)12-6)19(17,18)11-5-4-8(14)10(15)16/h8,11,14H,4-5H2,1-3H3,(H,15,16). The van der Waals surface area contributed by atoms with Crippen LogP contribution >= 0.6 is 0 Å². The number of nitrogens with zero attached hydrogens (tertiary/aromatic N) is 2. The fourth-order valence-corrected chi connectivity index (χ4v) is 3.15. The first-order chi connectivity index (χ1) is 8.66.